The fourth-order valence-electron chi connectivity index (χ4n) is 3.11. The van der Waals surface area contributed by atoms with Crippen molar-refractivity contribution in [3.8, 4) is 5.75 Å². The number of likely N-dealkylation sites (N-methyl/N-ethyl adjacent to an activating group) is 1. The van der Waals surface area contributed by atoms with E-state index >= 15 is 0 Å². The molecule has 0 fully saturated rings. The molecule has 1 aromatic heterocycles. The number of nitrogens with zero attached hydrogens (tertiary/aromatic N) is 4. The van der Waals surface area contributed by atoms with Crippen LogP contribution < -0.4 is 4.74 Å². The Morgan fingerprint density at radius 1 is 1.31 bits per heavy atom. The third-order valence-corrected chi connectivity index (χ3v) is 4.95. The molecule has 1 aliphatic rings. The number of fused-ring (bicyclic) bond motifs is 1. The summed E-state index contributed by atoms with van der Waals surface area (Å²) in [6.07, 6.45) is 2.36. The summed E-state index contributed by atoms with van der Waals surface area (Å²) in [6, 6.07) is 7.60. The molecule has 0 N–H and O–H groups in total. The van der Waals surface area contributed by atoms with E-state index in [1.807, 2.05) is 30.5 Å². The van der Waals surface area contributed by atoms with Gasteiger partial charge in [0.25, 0.3) is 0 Å². The molecule has 0 radical (unpaired) electrons. The second-order valence-corrected chi connectivity index (χ2v) is 7.20. The topological polar surface area (TPSA) is 50.6 Å². The van der Waals surface area contributed by atoms with Crippen LogP contribution in [0.2, 0.25) is 5.02 Å². The van der Waals surface area contributed by atoms with Crippen molar-refractivity contribution < 1.29 is 9.53 Å². The molecule has 0 saturated heterocycles. The van der Waals surface area contributed by atoms with Gasteiger partial charge in [0.05, 0.1) is 18.2 Å². The highest BCUT2D eigenvalue weighted by Gasteiger charge is 2.26. The minimum atomic E-state index is 0.0707. The summed E-state index contributed by atoms with van der Waals surface area (Å²) >= 11 is 5.89. The van der Waals surface area contributed by atoms with Crippen molar-refractivity contribution in [2.75, 3.05) is 33.8 Å². The SMILES string of the molecule is C[C@H]1c2nc(CC(=O)N(C)C)cn2CCN1CCOc1ccc(Cl)cc1. The smallest absolute Gasteiger partial charge is 0.228 e. The number of carbonyl (C=O) groups excluding carboxylic acids is 1. The van der Waals surface area contributed by atoms with Crippen LogP contribution in [0, 0.1) is 0 Å². The van der Waals surface area contributed by atoms with Crippen LogP contribution in [0.1, 0.15) is 24.5 Å². The Kier molecular flexibility index (Phi) is 5.84. The predicted octanol–water partition coefficient (Wildman–Crippen LogP) is 2.62. The summed E-state index contributed by atoms with van der Waals surface area (Å²) in [7, 11) is 3.53. The number of rotatable bonds is 6. The summed E-state index contributed by atoms with van der Waals surface area (Å²) in [6.45, 7) is 5.40. The molecule has 1 aromatic carbocycles. The molecule has 0 aliphatic carbocycles. The third kappa shape index (κ3) is 4.37. The van der Waals surface area contributed by atoms with Gasteiger partial charge in [0, 0.05) is 44.9 Å². The Morgan fingerprint density at radius 2 is 2.04 bits per heavy atom. The van der Waals surface area contributed by atoms with Crippen LogP contribution in [0.5, 0.6) is 5.75 Å². The summed E-state index contributed by atoms with van der Waals surface area (Å²) < 4.78 is 7.97. The fraction of sp³-hybridized carbons (Fsp3) is 0.474. The number of hydrogen-bond acceptors (Lipinski definition) is 4. The van der Waals surface area contributed by atoms with Gasteiger partial charge in [-0.05, 0) is 31.2 Å². The highest BCUT2D eigenvalue weighted by atomic mass is 35.5. The Hall–Kier alpha value is -2.05. The maximum atomic E-state index is 11.9. The number of amides is 1. The average molecular weight is 377 g/mol. The molecule has 26 heavy (non-hydrogen) atoms. The Bertz CT molecular complexity index is 757. The standard InChI is InChI=1S/C19H25ClN4O2/c1-14-19-21-16(12-18(25)22(2)3)13-24(19)9-8-23(14)10-11-26-17-6-4-15(20)5-7-17/h4-7,13-14H,8-12H2,1-3H3/t14-/m0/s1. The molecule has 0 unspecified atom stereocenters. The van der Waals surface area contributed by atoms with E-state index in [9.17, 15) is 4.79 Å². The van der Waals surface area contributed by atoms with Crippen LogP contribution in [-0.4, -0.2) is 59.0 Å². The van der Waals surface area contributed by atoms with Crippen LogP contribution in [-0.2, 0) is 17.8 Å². The molecule has 2 aromatic rings. The van der Waals surface area contributed by atoms with Crippen molar-refractivity contribution in [3.63, 3.8) is 0 Å². The molecular weight excluding hydrogens is 352 g/mol. The summed E-state index contributed by atoms with van der Waals surface area (Å²) in [4.78, 5) is 20.6. The second kappa shape index (κ2) is 8.10. The van der Waals surface area contributed by atoms with Crippen molar-refractivity contribution in [2.45, 2.75) is 25.9 Å². The van der Waals surface area contributed by atoms with Gasteiger partial charge in [0.15, 0.2) is 0 Å². The first kappa shape index (κ1) is 18.7. The van der Waals surface area contributed by atoms with Crippen molar-refractivity contribution in [1.29, 1.82) is 0 Å². The van der Waals surface area contributed by atoms with Gasteiger partial charge >= 0.3 is 0 Å². The number of halogens is 1. The lowest BCUT2D eigenvalue weighted by atomic mass is 10.2. The highest BCUT2D eigenvalue weighted by molar-refractivity contribution is 6.30. The van der Waals surface area contributed by atoms with E-state index in [0.717, 1.165) is 36.9 Å². The summed E-state index contributed by atoms with van der Waals surface area (Å²) in [5.41, 5.74) is 0.838. The number of imidazole rings is 1. The quantitative estimate of drug-likeness (QED) is 0.777. The lowest BCUT2D eigenvalue weighted by molar-refractivity contribution is -0.128. The van der Waals surface area contributed by atoms with Crippen LogP contribution in [0.15, 0.2) is 30.5 Å². The van der Waals surface area contributed by atoms with Crippen LogP contribution in [0.3, 0.4) is 0 Å². The zero-order valence-electron chi connectivity index (χ0n) is 15.5. The van der Waals surface area contributed by atoms with Gasteiger partial charge in [-0.3, -0.25) is 9.69 Å². The van der Waals surface area contributed by atoms with Crippen molar-refractivity contribution in [2.24, 2.45) is 0 Å². The minimum absolute atomic E-state index is 0.0707. The fourth-order valence-corrected chi connectivity index (χ4v) is 3.23. The van der Waals surface area contributed by atoms with E-state index in [2.05, 4.69) is 16.4 Å². The largest absolute Gasteiger partial charge is 0.492 e. The molecule has 1 amide bonds. The van der Waals surface area contributed by atoms with Crippen LogP contribution in [0.25, 0.3) is 0 Å². The molecule has 6 nitrogen and oxygen atoms in total. The Morgan fingerprint density at radius 3 is 2.73 bits per heavy atom. The van der Waals surface area contributed by atoms with Gasteiger partial charge in [-0.2, -0.15) is 0 Å². The lowest BCUT2D eigenvalue weighted by Crippen LogP contribution is -2.39. The average Bonchev–Trinajstić information content (AvgIpc) is 3.02. The zero-order valence-corrected chi connectivity index (χ0v) is 16.2. The number of carbonyl (C=O) groups is 1. The Balaban J connectivity index is 1.57. The Labute approximate surface area is 159 Å². The second-order valence-electron chi connectivity index (χ2n) is 6.76. The van der Waals surface area contributed by atoms with Crippen molar-refractivity contribution in [1.82, 2.24) is 19.4 Å². The maximum Gasteiger partial charge on any atom is 0.228 e. The minimum Gasteiger partial charge on any atom is -0.492 e. The van der Waals surface area contributed by atoms with Crippen LogP contribution >= 0.6 is 11.6 Å². The van der Waals surface area contributed by atoms with Crippen molar-refractivity contribution >= 4 is 17.5 Å². The summed E-state index contributed by atoms with van der Waals surface area (Å²) in [5, 5.41) is 0.706. The molecule has 140 valence electrons. The van der Waals surface area contributed by atoms with E-state index in [-0.39, 0.29) is 11.9 Å². The normalized spacial score (nSPS) is 17.0. The number of hydrogen-bond donors (Lipinski definition) is 0. The van der Waals surface area contributed by atoms with E-state index in [1.165, 1.54) is 0 Å². The highest BCUT2D eigenvalue weighted by Crippen LogP contribution is 2.24. The van der Waals surface area contributed by atoms with Gasteiger partial charge in [-0.1, -0.05) is 11.6 Å². The first-order chi connectivity index (χ1) is 12.4. The molecule has 3 rings (SSSR count). The first-order valence-corrected chi connectivity index (χ1v) is 9.20. The van der Waals surface area contributed by atoms with Gasteiger partial charge in [-0.25, -0.2) is 4.98 Å². The number of benzene rings is 1. The number of ether oxygens (including phenoxy) is 1. The van der Waals surface area contributed by atoms with E-state index in [1.54, 1.807) is 19.0 Å². The van der Waals surface area contributed by atoms with E-state index in [4.69, 9.17) is 21.3 Å². The van der Waals surface area contributed by atoms with E-state index in [0.29, 0.717) is 18.1 Å². The van der Waals surface area contributed by atoms with Gasteiger partial charge in [0.1, 0.15) is 18.2 Å². The molecule has 7 heteroatoms. The monoisotopic (exact) mass is 376 g/mol. The molecule has 0 spiro atoms. The maximum absolute atomic E-state index is 11.9. The third-order valence-electron chi connectivity index (χ3n) is 4.70. The molecular formula is C19H25ClN4O2. The number of aromatic nitrogens is 2. The van der Waals surface area contributed by atoms with Gasteiger partial charge in [-0.15, -0.1) is 0 Å². The summed E-state index contributed by atoms with van der Waals surface area (Å²) in [5.74, 6) is 1.91. The van der Waals surface area contributed by atoms with Gasteiger partial charge in [0.2, 0.25) is 5.91 Å². The van der Waals surface area contributed by atoms with Crippen molar-refractivity contribution in [3.05, 3.63) is 47.0 Å². The molecule has 0 bridgehead atoms. The van der Waals surface area contributed by atoms with E-state index < -0.39 is 0 Å². The molecule has 0 saturated carbocycles. The molecule has 1 atom stereocenters. The van der Waals surface area contributed by atoms with Gasteiger partial charge < -0.3 is 14.2 Å². The lowest BCUT2D eigenvalue weighted by Gasteiger charge is -2.33. The zero-order chi connectivity index (χ0) is 18.7. The molecule has 2 heterocycles. The predicted molar refractivity (Wildman–Crippen MR) is 102 cm³/mol. The molecule has 1 aliphatic heterocycles. The first-order valence-electron chi connectivity index (χ1n) is 8.82. The van der Waals surface area contributed by atoms with Crippen LogP contribution in [0.4, 0.5) is 0 Å².